The first-order valence-electron chi connectivity index (χ1n) is 13.3. The number of hydrogen-bond acceptors (Lipinski definition) is 2. The minimum Gasteiger partial charge on any atom is -0.339 e. The molecule has 0 aliphatic heterocycles. The number of nitrogens with zero attached hydrogens (tertiary/aromatic N) is 3. The van der Waals surface area contributed by atoms with E-state index in [4.69, 9.17) is 9.97 Å². The van der Waals surface area contributed by atoms with Crippen LogP contribution in [0.4, 0.5) is 0 Å². The van der Waals surface area contributed by atoms with Crippen LogP contribution < -0.4 is 0 Å². The lowest BCUT2D eigenvalue weighted by Crippen LogP contribution is -1.97. The minimum absolute atomic E-state index is 0.810. The SMILES string of the molecule is Cn1c(-c2nc(-c3ccccc3)c(-c3ccccc3)[nH]2)ccc1-c1nc(-c2ccccc2)c(-c2ccccc2)[nH]1. The second-order valence-electron chi connectivity index (χ2n) is 9.74. The van der Waals surface area contributed by atoms with Crippen molar-refractivity contribution in [2.24, 2.45) is 7.05 Å². The number of benzene rings is 4. The molecule has 0 atom stereocenters. The molecule has 0 aliphatic rings. The van der Waals surface area contributed by atoms with Crippen LogP contribution in [0.5, 0.6) is 0 Å². The van der Waals surface area contributed by atoms with Gasteiger partial charge in [-0.1, -0.05) is 121 Å². The fourth-order valence-corrected chi connectivity index (χ4v) is 5.21. The van der Waals surface area contributed by atoms with Crippen LogP contribution in [0.2, 0.25) is 0 Å². The summed E-state index contributed by atoms with van der Waals surface area (Å²) in [6.45, 7) is 0. The molecule has 192 valence electrons. The van der Waals surface area contributed by atoms with E-state index in [1.807, 2.05) is 48.5 Å². The van der Waals surface area contributed by atoms with E-state index in [1.54, 1.807) is 0 Å². The van der Waals surface area contributed by atoms with Crippen LogP contribution in [-0.2, 0) is 7.05 Å². The normalized spacial score (nSPS) is 11.1. The predicted molar refractivity (Wildman–Crippen MR) is 162 cm³/mol. The summed E-state index contributed by atoms with van der Waals surface area (Å²) in [4.78, 5) is 17.5. The van der Waals surface area contributed by atoms with Crippen molar-refractivity contribution in [1.82, 2.24) is 24.5 Å². The van der Waals surface area contributed by atoms with Gasteiger partial charge in [0.2, 0.25) is 0 Å². The quantitative estimate of drug-likeness (QED) is 0.232. The van der Waals surface area contributed by atoms with Crippen LogP contribution in [0.25, 0.3) is 68.1 Å². The van der Waals surface area contributed by atoms with Gasteiger partial charge in [-0.05, 0) is 12.1 Å². The third-order valence-corrected chi connectivity index (χ3v) is 7.23. The van der Waals surface area contributed by atoms with Crippen LogP contribution in [0, 0.1) is 0 Å². The molecule has 5 heteroatoms. The van der Waals surface area contributed by atoms with Crippen LogP contribution in [0.3, 0.4) is 0 Å². The summed E-state index contributed by atoms with van der Waals surface area (Å²) in [6, 6.07) is 45.6. The summed E-state index contributed by atoms with van der Waals surface area (Å²) in [5.74, 6) is 1.62. The monoisotopic (exact) mass is 517 g/mol. The highest BCUT2D eigenvalue weighted by atomic mass is 15.1. The number of rotatable bonds is 6. The van der Waals surface area contributed by atoms with E-state index in [-0.39, 0.29) is 0 Å². The molecule has 5 nitrogen and oxygen atoms in total. The second kappa shape index (κ2) is 10.0. The maximum absolute atomic E-state index is 5.11. The number of aromatic nitrogens is 5. The fourth-order valence-electron chi connectivity index (χ4n) is 5.21. The van der Waals surface area contributed by atoms with E-state index >= 15 is 0 Å². The van der Waals surface area contributed by atoms with Crippen LogP contribution in [0.15, 0.2) is 133 Å². The lowest BCUT2D eigenvalue weighted by molar-refractivity contribution is 0.925. The van der Waals surface area contributed by atoms with Gasteiger partial charge in [0, 0.05) is 29.3 Å². The van der Waals surface area contributed by atoms with E-state index in [0.29, 0.717) is 0 Å². The van der Waals surface area contributed by atoms with Crippen molar-refractivity contribution in [1.29, 1.82) is 0 Å². The molecule has 3 heterocycles. The Morgan fingerprint density at radius 2 is 0.750 bits per heavy atom. The summed E-state index contributed by atoms with van der Waals surface area (Å²) < 4.78 is 2.14. The van der Waals surface area contributed by atoms with Gasteiger partial charge in [-0.3, -0.25) is 0 Å². The Hall–Kier alpha value is -5.42. The second-order valence-corrected chi connectivity index (χ2v) is 9.74. The first-order chi connectivity index (χ1) is 19.8. The fraction of sp³-hybridized carbons (Fsp3) is 0.0286. The number of H-pyrrole nitrogens is 2. The molecule has 7 rings (SSSR count). The van der Waals surface area contributed by atoms with Crippen molar-refractivity contribution < 1.29 is 0 Å². The molecule has 0 fully saturated rings. The Balaban J connectivity index is 1.35. The highest BCUT2D eigenvalue weighted by molar-refractivity contribution is 5.83. The smallest absolute Gasteiger partial charge is 0.155 e. The molecule has 4 aromatic carbocycles. The molecular weight excluding hydrogens is 490 g/mol. The van der Waals surface area contributed by atoms with Crippen LogP contribution >= 0.6 is 0 Å². The molecule has 0 aliphatic carbocycles. The van der Waals surface area contributed by atoms with Gasteiger partial charge < -0.3 is 14.5 Å². The lowest BCUT2D eigenvalue weighted by Gasteiger charge is -2.04. The molecule has 2 N–H and O–H groups in total. The highest BCUT2D eigenvalue weighted by Gasteiger charge is 2.21. The van der Waals surface area contributed by atoms with Gasteiger partial charge in [-0.25, -0.2) is 9.97 Å². The largest absolute Gasteiger partial charge is 0.339 e. The van der Waals surface area contributed by atoms with Crippen molar-refractivity contribution in [2.75, 3.05) is 0 Å². The summed E-state index contributed by atoms with van der Waals surface area (Å²) in [7, 11) is 2.06. The van der Waals surface area contributed by atoms with E-state index in [0.717, 1.165) is 68.1 Å². The van der Waals surface area contributed by atoms with Crippen molar-refractivity contribution >= 4 is 0 Å². The minimum atomic E-state index is 0.810. The molecule has 0 unspecified atom stereocenters. The van der Waals surface area contributed by atoms with Crippen molar-refractivity contribution in [3.8, 4) is 68.1 Å². The zero-order valence-corrected chi connectivity index (χ0v) is 22.0. The number of nitrogens with one attached hydrogen (secondary N) is 2. The molecule has 0 saturated heterocycles. The average molecular weight is 518 g/mol. The Kier molecular flexibility index (Phi) is 5.94. The topological polar surface area (TPSA) is 62.3 Å². The predicted octanol–water partition coefficient (Wildman–Crippen LogP) is 8.47. The molecule has 0 bridgehead atoms. The molecule has 0 amide bonds. The summed E-state index contributed by atoms with van der Waals surface area (Å²) in [6.07, 6.45) is 0. The number of aromatic amines is 2. The third-order valence-electron chi connectivity index (χ3n) is 7.23. The van der Waals surface area contributed by atoms with Gasteiger partial charge >= 0.3 is 0 Å². The van der Waals surface area contributed by atoms with E-state index < -0.39 is 0 Å². The zero-order chi connectivity index (χ0) is 26.9. The molecule has 0 radical (unpaired) electrons. The number of imidazole rings is 2. The summed E-state index contributed by atoms with van der Waals surface area (Å²) in [5.41, 5.74) is 10.2. The van der Waals surface area contributed by atoms with Crippen LogP contribution in [-0.4, -0.2) is 24.5 Å². The van der Waals surface area contributed by atoms with Crippen molar-refractivity contribution in [2.45, 2.75) is 0 Å². The van der Waals surface area contributed by atoms with Gasteiger partial charge in [-0.15, -0.1) is 0 Å². The first-order valence-corrected chi connectivity index (χ1v) is 13.3. The van der Waals surface area contributed by atoms with Gasteiger partial charge in [0.05, 0.1) is 34.2 Å². The highest BCUT2D eigenvalue weighted by Crippen LogP contribution is 2.36. The van der Waals surface area contributed by atoms with Crippen molar-refractivity contribution in [3.63, 3.8) is 0 Å². The van der Waals surface area contributed by atoms with E-state index in [2.05, 4.69) is 107 Å². The Morgan fingerprint density at radius 3 is 1.10 bits per heavy atom. The van der Waals surface area contributed by atoms with E-state index in [1.165, 1.54) is 0 Å². The maximum atomic E-state index is 5.11. The van der Waals surface area contributed by atoms with Gasteiger partial charge in [0.25, 0.3) is 0 Å². The Labute approximate surface area is 232 Å². The molecule has 7 aromatic rings. The molecule has 40 heavy (non-hydrogen) atoms. The Morgan fingerprint density at radius 1 is 0.425 bits per heavy atom. The van der Waals surface area contributed by atoms with Gasteiger partial charge in [0.1, 0.15) is 0 Å². The van der Waals surface area contributed by atoms with Gasteiger partial charge in [-0.2, -0.15) is 0 Å². The van der Waals surface area contributed by atoms with Gasteiger partial charge in [0.15, 0.2) is 11.6 Å². The van der Waals surface area contributed by atoms with Crippen LogP contribution in [0.1, 0.15) is 0 Å². The lowest BCUT2D eigenvalue weighted by atomic mass is 10.1. The average Bonchev–Trinajstić information content (AvgIpc) is 3.76. The summed E-state index contributed by atoms with van der Waals surface area (Å²) >= 11 is 0. The van der Waals surface area contributed by atoms with Crippen molar-refractivity contribution in [3.05, 3.63) is 133 Å². The zero-order valence-electron chi connectivity index (χ0n) is 22.0. The third kappa shape index (κ3) is 4.24. The first kappa shape index (κ1) is 23.7. The molecule has 0 spiro atoms. The molecule has 3 aromatic heterocycles. The standard InChI is InChI=1S/C35H27N5/c1-40-28(34-36-30(24-14-6-2-7-15-24)31(37-34)25-16-8-3-9-17-25)22-23-29(40)35-38-32(26-18-10-4-11-19-26)33(39-35)27-20-12-5-13-21-27/h2-23H,1H3,(H,36,37)(H,38,39). The Bertz CT molecular complexity index is 1630. The van der Waals surface area contributed by atoms with E-state index in [9.17, 15) is 0 Å². The maximum Gasteiger partial charge on any atom is 0.155 e. The molecule has 0 saturated carbocycles. The number of hydrogen-bond donors (Lipinski definition) is 2. The summed E-state index contributed by atoms with van der Waals surface area (Å²) in [5, 5.41) is 0. The molecular formula is C35H27N5.